The highest BCUT2D eigenvalue weighted by atomic mass is 35.5. The fourth-order valence-corrected chi connectivity index (χ4v) is 4.08. The van der Waals surface area contributed by atoms with Crippen LogP contribution in [0, 0.1) is 0 Å². The molecule has 1 atom stereocenters. The summed E-state index contributed by atoms with van der Waals surface area (Å²) in [6, 6.07) is 1.15. The predicted octanol–water partition coefficient (Wildman–Crippen LogP) is 1.57. The third kappa shape index (κ3) is 4.04. The predicted molar refractivity (Wildman–Crippen MR) is 97.3 cm³/mol. The molecular weight excluding hydrogens is 342 g/mol. The Bertz CT molecular complexity index is 609. The number of piperazine rings is 1. The topological polar surface area (TPSA) is 70.6 Å². The Morgan fingerprint density at radius 2 is 2.16 bits per heavy atom. The average Bonchev–Trinajstić information content (AvgIpc) is 2.67. The average molecular weight is 368 g/mol. The summed E-state index contributed by atoms with van der Waals surface area (Å²) in [5, 5.41) is 3.69. The molecule has 0 aliphatic carbocycles. The standard InChI is InChI=1S/C17H26ClN5O2/c1-3-12-11-22(8-9-23(12)13-4-6-19-7-5-13)16-15(18)21-14(10-20-16)17(24)25-2/h10,12-13,19H,3-9,11H2,1-2H3. The summed E-state index contributed by atoms with van der Waals surface area (Å²) >= 11 is 6.29. The minimum absolute atomic E-state index is 0.136. The Balaban J connectivity index is 1.71. The van der Waals surface area contributed by atoms with Crippen molar-refractivity contribution in [2.24, 2.45) is 0 Å². The van der Waals surface area contributed by atoms with Crippen LogP contribution in [0.5, 0.6) is 0 Å². The van der Waals surface area contributed by atoms with E-state index in [1.54, 1.807) is 0 Å². The Labute approximate surface area is 153 Å². The molecule has 2 aliphatic rings. The first-order valence-electron chi connectivity index (χ1n) is 8.96. The molecule has 1 unspecified atom stereocenters. The Morgan fingerprint density at radius 3 is 2.80 bits per heavy atom. The number of anilines is 1. The van der Waals surface area contributed by atoms with E-state index < -0.39 is 5.97 Å². The quantitative estimate of drug-likeness (QED) is 0.810. The molecule has 1 aromatic heterocycles. The molecule has 0 amide bonds. The van der Waals surface area contributed by atoms with Gasteiger partial charge in [-0.05, 0) is 32.4 Å². The number of esters is 1. The molecule has 25 heavy (non-hydrogen) atoms. The third-order valence-corrected chi connectivity index (χ3v) is 5.44. The van der Waals surface area contributed by atoms with E-state index in [1.807, 2.05) is 0 Å². The molecule has 0 aromatic carbocycles. The normalized spacial score (nSPS) is 22.8. The number of ether oxygens (including phenoxy) is 1. The number of hydrogen-bond donors (Lipinski definition) is 1. The van der Waals surface area contributed by atoms with Crippen LogP contribution >= 0.6 is 11.6 Å². The SMILES string of the molecule is CCC1CN(c2ncc(C(=O)OC)nc2Cl)CCN1C1CCNCC1. The van der Waals surface area contributed by atoms with E-state index >= 15 is 0 Å². The van der Waals surface area contributed by atoms with Crippen LogP contribution in [0.15, 0.2) is 6.20 Å². The van der Waals surface area contributed by atoms with Crippen LogP contribution in [0.3, 0.4) is 0 Å². The highest BCUT2D eigenvalue weighted by Gasteiger charge is 2.33. The monoisotopic (exact) mass is 367 g/mol. The number of carbonyl (C=O) groups excluding carboxylic acids is 1. The van der Waals surface area contributed by atoms with E-state index in [2.05, 4.69) is 36.7 Å². The van der Waals surface area contributed by atoms with Crippen molar-refractivity contribution in [3.8, 4) is 0 Å². The van der Waals surface area contributed by atoms with Gasteiger partial charge in [0.1, 0.15) is 0 Å². The maximum atomic E-state index is 11.6. The highest BCUT2D eigenvalue weighted by Crippen LogP contribution is 2.27. The molecule has 1 aromatic rings. The maximum absolute atomic E-state index is 11.6. The lowest BCUT2D eigenvalue weighted by molar-refractivity contribution is 0.0593. The van der Waals surface area contributed by atoms with Gasteiger partial charge in [-0.2, -0.15) is 0 Å². The highest BCUT2D eigenvalue weighted by molar-refractivity contribution is 6.31. The van der Waals surface area contributed by atoms with Crippen molar-refractivity contribution in [3.05, 3.63) is 17.0 Å². The second-order valence-electron chi connectivity index (χ2n) is 6.59. The first kappa shape index (κ1) is 18.4. The summed E-state index contributed by atoms with van der Waals surface area (Å²) in [6.45, 7) is 7.19. The van der Waals surface area contributed by atoms with Gasteiger partial charge in [-0.1, -0.05) is 18.5 Å². The van der Waals surface area contributed by atoms with Crippen molar-refractivity contribution in [2.75, 3.05) is 44.7 Å². The van der Waals surface area contributed by atoms with Crippen LogP contribution in [-0.2, 0) is 4.74 Å². The molecule has 138 valence electrons. The first-order chi connectivity index (χ1) is 12.1. The van der Waals surface area contributed by atoms with E-state index in [0.29, 0.717) is 17.9 Å². The van der Waals surface area contributed by atoms with Gasteiger partial charge in [-0.3, -0.25) is 4.90 Å². The Hall–Kier alpha value is -1.44. The Morgan fingerprint density at radius 1 is 1.40 bits per heavy atom. The molecule has 2 aliphatic heterocycles. The van der Waals surface area contributed by atoms with Crippen molar-refractivity contribution in [3.63, 3.8) is 0 Å². The molecule has 3 heterocycles. The van der Waals surface area contributed by atoms with Crippen LogP contribution in [-0.4, -0.2) is 72.8 Å². The molecule has 2 saturated heterocycles. The van der Waals surface area contributed by atoms with Crippen LogP contribution in [0.1, 0.15) is 36.7 Å². The number of hydrogen-bond acceptors (Lipinski definition) is 7. The fourth-order valence-electron chi connectivity index (χ4n) is 3.82. The zero-order valence-corrected chi connectivity index (χ0v) is 15.6. The van der Waals surface area contributed by atoms with Crippen LogP contribution in [0.4, 0.5) is 5.82 Å². The molecule has 1 N–H and O–H groups in total. The van der Waals surface area contributed by atoms with Crippen molar-refractivity contribution >= 4 is 23.4 Å². The number of nitrogens with one attached hydrogen (secondary N) is 1. The summed E-state index contributed by atoms with van der Waals surface area (Å²) in [6.07, 6.45) is 4.95. The van der Waals surface area contributed by atoms with Gasteiger partial charge in [0.15, 0.2) is 16.7 Å². The number of methoxy groups -OCH3 is 1. The summed E-state index contributed by atoms with van der Waals surface area (Å²) in [5.41, 5.74) is 0.136. The minimum atomic E-state index is -0.525. The third-order valence-electron chi connectivity index (χ3n) is 5.18. The summed E-state index contributed by atoms with van der Waals surface area (Å²) in [7, 11) is 1.32. The summed E-state index contributed by atoms with van der Waals surface area (Å²) < 4.78 is 4.67. The van der Waals surface area contributed by atoms with E-state index in [0.717, 1.165) is 39.1 Å². The van der Waals surface area contributed by atoms with E-state index in [4.69, 9.17) is 11.6 Å². The second kappa shape index (κ2) is 8.29. The van der Waals surface area contributed by atoms with E-state index in [1.165, 1.54) is 26.1 Å². The van der Waals surface area contributed by atoms with E-state index in [-0.39, 0.29) is 10.8 Å². The van der Waals surface area contributed by atoms with Gasteiger partial charge in [0, 0.05) is 31.7 Å². The fraction of sp³-hybridized carbons (Fsp3) is 0.706. The van der Waals surface area contributed by atoms with Crippen LogP contribution < -0.4 is 10.2 Å². The van der Waals surface area contributed by atoms with Crippen molar-refractivity contribution in [1.82, 2.24) is 20.2 Å². The molecule has 0 saturated carbocycles. The van der Waals surface area contributed by atoms with Crippen molar-refractivity contribution in [2.45, 2.75) is 38.3 Å². The van der Waals surface area contributed by atoms with Crippen LogP contribution in [0.2, 0.25) is 5.15 Å². The number of rotatable bonds is 4. The lowest BCUT2D eigenvalue weighted by Crippen LogP contribution is -2.58. The number of carbonyl (C=O) groups is 1. The second-order valence-corrected chi connectivity index (χ2v) is 6.95. The van der Waals surface area contributed by atoms with Crippen molar-refractivity contribution < 1.29 is 9.53 Å². The molecular formula is C17H26ClN5O2. The van der Waals surface area contributed by atoms with Gasteiger partial charge in [-0.25, -0.2) is 14.8 Å². The zero-order chi connectivity index (χ0) is 17.8. The molecule has 0 radical (unpaired) electrons. The van der Waals surface area contributed by atoms with Gasteiger partial charge in [0.05, 0.1) is 13.3 Å². The number of aromatic nitrogens is 2. The molecule has 0 bridgehead atoms. The van der Waals surface area contributed by atoms with E-state index in [9.17, 15) is 4.79 Å². The smallest absolute Gasteiger partial charge is 0.358 e. The van der Waals surface area contributed by atoms with Gasteiger partial charge in [-0.15, -0.1) is 0 Å². The number of piperidine rings is 1. The summed E-state index contributed by atoms with van der Waals surface area (Å²) in [4.78, 5) is 24.9. The maximum Gasteiger partial charge on any atom is 0.358 e. The molecule has 0 spiro atoms. The lowest BCUT2D eigenvalue weighted by atomic mass is 9.99. The number of nitrogens with zero attached hydrogens (tertiary/aromatic N) is 4. The van der Waals surface area contributed by atoms with Gasteiger partial charge in [0.2, 0.25) is 0 Å². The molecule has 2 fully saturated rings. The first-order valence-corrected chi connectivity index (χ1v) is 9.34. The summed E-state index contributed by atoms with van der Waals surface area (Å²) in [5.74, 6) is 0.126. The molecule has 8 heteroatoms. The lowest BCUT2D eigenvalue weighted by Gasteiger charge is -2.46. The van der Waals surface area contributed by atoms with Crippen LogP contribution in [0.25, 0.3) is 0 Å². The minimum Gasteiger partial charge on any atom is -0.464 e. The van der Waals surface area contributed by atoms with Crippen molar-refractivity contribution in [1.29, 1.82) is 0 Å². The van der Waals surface area contributed by atoms with Gasteiger partial charge < -0.3 is 15.0 Å². The number of halogens is 1. The largest absolute Gasteiger partial charge is 0.464 e. The Kier molecular flexibility index (Phi) is 6.09. The van der Waals surface area contributed by atoms with Gasteiger partial charge >= 0.3 is 5.97 Å². The molecule has 3 rings (SSSR count). The molecule has 7 nitrogen and oxygen atoms in total. The zero-order valence-electron chi connectivity index (χ0n) is 14.9. The van der Waals surface area contributed by atoms with Gasteiger partial charge in [0.25, 0.3) is 0 Å².